The molecule has 1 aromatic rings. The first kappa shape index (κ1) is 13.5. The summed E-state index contributed by atoms with van der Waals surface area (Å²) in [4.78, 5) is 13.0. The number of thiol groups is 1. The fourth-order valence-corrected chi connectivity index (χ4v) is 2.90. The standard InChI is InChI=1S/C15H21NOS/c1-2-11-5-3-4-6-14(11)16-15(17)12-7-9-13(18)10-8-12/h7-11,14,18H,2-6H2,1H3,(H,16,17). The van der Waals surface area contributed by atoms with Crippen molar-refractivity contribution in [2.75, 3.05) is 0 Å². The van der Waals surface area contributed by atoms with Crippen LogP contribution in [0.25, 0.3) is 0 Å². The monoisotopic (exact) mass is 263 g/mol. The van der Waals surface area contributed by atoms with E-state index < -0.39 is 0 Å². The van der Waals surface area contributed by atoms with Gasteiger partial charge in [-0.15, -0.1) is 12.6 Å². The lowest BCUT2D eigenvalue weighted by Gasteiger charge is -2.31. The zero-order valence-corrected chi connectivity index (χ0v) is 11.7. The first-order chi connectivity index (χ1) is 8.70. The molecule has 3 heteroatoms. The molecule has 2 atom stereocenters. The third-order valence-electron chi connectivity index (χ3n) is 3.88. The number of benzene rings is 1. The van der Waals surface area contributed by atoms with Crippen molar-refractivity contribution in [3.05, 3.63) is 29.8 Å². The van der Waals surface area contributed by atoms with E-state index in [2.05, 4.69) is 24.9 Å². The normalized spacial score (nSPS) is 23.7. The maximum atomic E-state index is 12.1. The summed E-state index contributed by atoms with van der Waals surface area (Å²) in [6.07, 6.45) is 6.06. The van der Waals surface area contributed by atoms with Crippen LogP contribution in [0.2, 0.25) is 0 Å². The molecule has 18 heavy (non-hydrogen) atoms. The number of carbonyl (C=O) groups excluding carboxylic acids is 1. The van der Waals surface area contributed by atoms with Crippen LogP contribution in [0.3, 0.4) is 0 Å². The van der Waals surface area contributed by atoms with Gasteiger partial charge in [0.1, 0.15) is 0 Å². The second kappa shape index (κ2) is 6.28. The van der Waals surface area contributed by atoms with Gasteiger partial charge in [0.2, 0.25) is 0 Å². The van der Waals surface area contributed by atoms with Gasteiger partial charge in [-0.05, 0) is 43.0 Å². The summed E-state index contributed by atoms with van der Waals surface area (Å²) in [7, 11) is 0. The highest BCUT2D eigenvalue weighted by molar-refractivity contribution is 7.80. The van der Waals surface area contributed by atoms with E-state index in [4.69, 9.17) is 0 Å². The molecule has 0 saturated heterocycles. The van der Waals surface area contributed by atoms with Gasteiger partial charge in [0.05, 0.1) is 0 Å². The molecule has 98 valence electrons. The molecule has 0 aromatic heterocycles. The Labute approximate surface area is 115 Å². The van der Waals surface area contributed by atoms with Gasteiger partial charge in [0.25, 0.3) is 5.91 Å². The van der Waals surface area contributed by atoms with Crippen LogP contribution in [0.1, 0.15) is 49.4 Å². The summed E-state index contributed by atoms with van der Waals surface area (Å²) < 4.78 is 0. The predicted octanol–water partition coefficient (Wildman–Crippen LogP) is 3.67. The van der Waals surface area contributed by atoms with Crippen molar-refractivity contribution in [3.63, 3.8) is 0 Å². The topological polar surface area (TPSA) is 29.1 Å². The number of carbonyl (C=O) groups is 1. The van der Waals surface area contributed by atoms with Crippen LogP contribution in [0.5, 0.6) is 0 Å². The Hall–Kier alpha value is -0.960. The van der Waals surface area contributed by atoms with Crippen molar-refractivity contribution in [2.24, 2.45) is 5.92 Å². The van der Waals surface area contributed by atoms with E-state index >= 15 is 0 Å². The van der Waals surface area contributed by atoms with Gasteiger partial charge >= 0.3 is 0 Å². The summed E-state index contributed by atoms with van der Waals surface area (Å²) in [5, 5.41) is 3.19. The van der Waals surface area contributed by atoms with Crippen LogP contribution in [0.15, 0.2) is 29.2 Å². The van der Waals surface area contributed by atoms with Crippen molar-refractivity contribution in [1.82, 2.24) is 5.32 Å². The molecule has 0 bridgehead atoms. The third-order valence-corrected chi connectivity index (χ3v) is 4.18. The molecule has 1 amide bonds. The van der Waals surface area contributed by atoms with Crippen LogP contribution in [-0.2, 0) is 0 Å². The van der Waals surface area contributed by atoms with E-state index in [1.165, 1.54) is 19.3 Å². The molecule has 2 nitrogen and oxygen atoms in total. The molecule has 0 heterocycles. The number of amides is 1. The van der Waals surface area contributed by atoms with Gasteiger partial charge in [-0.2, -0.15) is 0 Å². The van der Waals surface area contributed by atoms with Gasteiger partial charge in [-0.3, -0.25) is 4.79 Å². The highest BCUT2D eigenvalue weighted by Gasteiger charge is 2.25. The Morgan fingerprint density at radius 1 is 1.28 bits per heavy atom. The average molecular weight is 263 g/mol. The minimum atomic E-state index is 0.0497. The molecule has 0 spiro atoms. The molecule has 1 fully saturated rings. The lowest BCUT2D eigenvalue weighted by atomic mass is 9.83. The second-order valence-corrected chi connectivity index (χ2v) is 5.60. The van der Waals surface area contributed by atoms with Crippen LogP contribution in [-0.4, -0.2) is 11.9 Å². The Balaban J connectivity index is 1.99. The van der Waals surface area contributed by atoms with E-state index in [0.29, 0.717) is 12.0 Å². The summed E-state index contributed by atoms with van der Waals surface area (Å²) >= 11 is 4.23. The zero-order chi connectivity index (χ0) is 13.0. The minimum absolute atomic E-state index is 0.0497. The van der Waals surface area contributed by atoms with Crippen molar-refractivity contribution in [1.29, 1.82) is 0 Å². The highest BCUT2D eigenvalue weighted by Crippen LogP contribution is 2.27. The summed E-state index contributed by atoms with van der Waals surface area (Å²) in [5.74, 6) is 0.695. The Bertz CT molecular complexity index is 401. The van der Waals surface area contributed by atoms with Gasteiger partial charge < -0.3 is 5.32 Å². The highest BCUT2D eigenvalue weighted by atomic mass is 32.1. The molecule has 1 aromatic carbocycles. The van der Waals surface area contributed by atoms with Gasteiger partial charge in [0.15, 0.2) is 0 Å². The summed E-state index contributed by atoms with van der Waals surface area (Å²) in [6.45, 7) is 2.21. The molecule has 2 rings (SSSR count). The smallest absolute Gasteiger partial charge is 0.251 e. The van der Waals surface area contributed by atoms with E-state index in [1.54, 1.807) is 0 Å². The predicted molar refractivity (Wildman–Crippen MR) is 77.2 cm³/mol. The zero-order valence-electron chi connectivity index (χ0n) is 10.9. The van der Waals surface area contributed by atoms with Crippen molar-refractivity contribution < 1.29 is 4.79 Å². The van der Waals surface area contributed by atoms with Crippen LogP contribution < -0.4 is 5.32 Å². The van der Waals surface area contributed by atoms with Gasteiger partial charge in [-0.1, -0.05) is 26.2 Å². The Morgan fingerprint density at radius 2 is 1.94 bits per heavy atom. The quantitative estimate of drug-likeness (QED) is 0.800. The molecule has 1 N–H and O–H groups in total. The molecule has 2 unspecified atom stereocenters. The molecule has 1 aliphatic carbocycles. The fourth-order valence-electron chi connectivity index (χ4n) is 2.75. The first-order valence-corrected chi connectivity index (χ1v) is 7.25. The fraction of sp³-hybridized carbons (Fsp3) is 0.533. The number of rotatable bonds is 3. The Kier molecular flexibility index (Phi) is 4.70. The maximum Gasteiger partial charge on any atom is 0.251 e. The number of hydrogen-bond donors (Lipinski definition) is 2. The largest absolute Gasteiger partial charge is 0.349 e. The van der Waals surface area contributed by atoms with Crippen molar-refractivity contribution >= 4 is 18.5 Å². The second-order valence-electron chi connectivity index (χ2n) is 5.08. The number of nitrogens with one attached hydrogen (secondary N) is 1. The first-order valence-electron chi connectivity index (χ1n) is 6.80. The maximum absolute atomic E-state index is 12.1. The lowest BCUT2D eigenvalue weighted by Crippen LogP contribution is -2.41. The van der Waals surface area contributed by atoms with E-state index in [1.807, 2.05) is 24.3 Å². The summed E-state index contributed by atoms with van der Waals surface area (Å²) in [5.41, 5.74) is 0.730. The molecule has 1 aliphatic rings. The third kappa shape index (κ3) is 3.29. The molecule has 0 radical (unpaired) electrons. The molecular formula is C15H21NOS. The van der Waals surface area contributed by atoms with Gasteiger partial charge in [0, 0.05) is 16.5 Å². The van der Waals surface area contributed by atoms with Crippen LogP contribution in [0.4, 0.5) is 0 Å². The van der Waals surface area contributed by atoms with Crippen molar-refractivity contribution in [2.45, 2.75) is 50.0 Å². The average Bonchev–Trinajstić information content (AvgIpc) is 2.40. The summed E-state index contributed by atoms with van der Waals surface area (Å²) in [6, 6.07) is 7.74. The molecule has 0 aliphatic heterocycles. The lowest BCUT2D eigenvalue weighted by molar-refractivity contribution is 0.0904. The van der Waals surface area contributed by atoms with Crippen molar-refractivity contribution in [3.8, 4) is 0 Å². The van der Waals surface area contributed by atoms with Gasteiger partial charge in [-0.25, -0.2) is 0 Å². The minimum Gasteiger partial charge on any atom is -0.349 e. The van der Waals surface area contributed by atoms with E-state index in [9.17, 15) is 4.79 Å². The van der Waals surface area contributed by atoms with E-state index in [0.717, 1.165) is 23.3 Å². The van der Waals surface area contributed by atoms with Crippen LogP contribution in [0, 0.1) is 5.92 Å². The van der Waals surface area contributed by atoms with E-state index in [-0.39, 0.29) is 5.91 Å². The molecular weight excluding hydrogens is 242 g/mol. The Morgan fingerprint density at radius 3 is 2.61 bits per heavy atom. The molecule has 1 saturated carbocycles. The number of hydrogen-bond acceptors (Lipinski definition) is 2. The van der Waals surface area contributed by atoms with Crippen LogP contribution >= 0.6 is 12.6 Å². The SMILES string of the molecule is CCC1CCCCC1NC(=O)c1ccc(S)cc1.